The molecule has 0 radical (unpaired) electrons. The zero-order valence-corrected chi connectivity index (χ0v) is 45.8. The van der Waals surface area contributed by atoms with Crippen LogP contribution in [0.4, 0.5) is 13.2 Å². The van der Waals surface area contributed by atoms with Gasteiger partial charge < -0.3 is 18.3 Å². The highest BCUT2D eigenvalue weighted by molar-refractivity contribution is 6.28. The minimum absolute atomic E-state index is 0.368. The molecule has 0 bridgehead atoms. The summed E-state index contributed by atoms with van der Waals surface area (Å²) in [6, 6.07) is 92.8. The van der Waals surface area contributed by atoms with Crippen LogP contribution in [-0.4, -0.2) is 33.2 Å². The Morgan fingerprint density at radius 1 is 0.267 bits per heavy atom. The third kappa shape index (κ3) is 7.52. The Hall–Kier alpha value is -11.4. The average molecular weight is 1110 g/mol. The summed E-state index contributed by atoms with van der Waals surface area (Å²) >= 11 is 0. The summed E-state index contributed by atoms with van der Waals surface area (Å²) in [5.41, 5.74) is 13.4. The van der Waals surface area contributed by atoms with E-state index in [1.807, 2.05) is 132 Å². The Balaban J connectivity index is 1.01. The molecular weight excluding hydrogens is 1070 g/mol. The lowest BCUT2D eigenvalue weighted by atomic mass is 9.97. The smallest absolute Gasteiger partial charge is 0.309 e. The fraction of sp³-hybridized carbons (Fsp3) is 0.0132. The van der Waals surface area contributed by atoms with E-state index in [1.54, 1.807) is 6.07 Å². The van der Waals surface area contributed by atoms with Gasteiger partial charge in [-0.2, -0.15) is 13.2 Å². The SMILES string of the molecule is FC(F)(F)c1ccc(-c2ccc(-c3nc(-c4ccccc4)nc(-c4ccccc4)n3)cc2-n2c3ccccc3c3c2ccc2c4ccccc4n(-c4ccccc4)c23)c(-n2c3ccccc3c3c2ccc2c4ccccc4n(-c4ccccc4)c23)c1. The van der Waals surface area contributed by atoms with Crippen molar-refractivity contribution >= 4 is 87.2 Å². The van der Waals surface area contributed by atoms with Crippen molar-refractivity contribution in [2.45, 2.75) is 6.18 Å². The lowest BCUT2D eigenvalue weighted by Gasteiger charge is -2.21. The van der Waals surface area contributed by atoms with Crippen LogP contribution in [0.25, 0.3) is 155 Å². The summed E-state index contributed by atoms with van der Waals surface area (Å²) in [5, 5.41) is 8.20. The van der Waals surface area contributed by atoms with Crippen molar-refractivity contribution in [3.05, 3.63) is 285 Å². The lowest BCUT2D eigenvalue weighted by Crippen LogP contribution is -2.08. The maximum absolute atomic E-state index is 15.7. The Kier molecular flexibility index (Phi) is 10.9. The molecule has 0 aliphatic carbocycles. The number of para-hydroxylation sites is 6. The van der Waals surface area contributed by atoms with Gasteiger partial charge in [0.25, 0.3) is 0 Å². The molecule has 406 valence electrons. The molecule has 0 unspecified atom stereocenters. The third-order valence-corrected chi connectivity index (χ3v) is 17.0. The molecule has 0 atom stereocenters. The first-order chi connectivity index (χ1) is 42.3. The third-order valence-electron chi connectivity index (χ3n) is 17.0. The fourth-order valence-electron chi connectivity index (χ4n) is 13.4. The van der Waals surface area contributed by atoms with Crippen molar-refractivity contribution in [1.82, 2.24) is 33.2 Å². The van der Waals surface area contributed by atoms with Crippen molar-refractivity contribution in [1.29, 1.82) is 0 Å². The Bertz CT molecular complexity index is 5510. The summed E-state index contributed by atoms with van der Waals surface area (Å²) in [6.45, 7) is 0. The molecule has 0 fully saturated rings. The van der Waals surface area contributed by atoms with E-state index in [4.69, 9.17) is 15.0 Å². The largest absolute Gasteiger partial charge is 0.416 e. The standard InChI is InChI=1S/C76H46F3N7/c77-76(78,79)50-38-40-56(68(46-50)86-64-36-20-16-32-60(64)70-66(86)44-42-58-54-30-14-18-34-62(54)84(72(58)70)52-27-11-4-12-28-52)55-39-37-49(75-81-73(47-21-5-1-6-22-47)80-74(82-75)48-23-7-2-8-24-48)45-67(55)85-63-35-19-15-31-59(63)69-65(85)43-41-57-53-29-13-17-33-61(53)83(71(57)69)51-25-9-3-10-26-51/h1-46H. The first kappa shape index (κ1) is 49.3. The summed E-state index contributed by atoms with van der Waals surface area (Å²) in [6.07, 6.45) is -4.67. The molecule has 5 aromatic heterocycles. The first-order valence-corrected chi connectivity index (χ1v) is 28.6. The molecule has 0 aliphatic rings. The lowest BCUT2D eigenvalue weighted by molar-refractivity contribution is -0.137. The molecular formula is C76H46F3N7. The van der Waals surface area contributed by atoms with Gasteiger partial charge in [0, 0.05) is 82.3 Å². The van der Waals surface area contributed by atoms with Gasteiger partial charge in [-0.3, -0.25) is 0 Å². The number of hydrogen-bond acceptors (Lipinski definition) is 3. The second-order valence-corrected chi connectivity index (χ2v) is 21.8. The number of alkyl halides is 3. The van der Waals surface area contributed by atoms with Crippen molar-refractivity contribution < 1.29 is 13.2 Å². The monoisotopic (exact) mass is 1110 g/mol. The van der Waals surface area contributed by atoms with E-state index < -0.39 is 11.7 Å². The molecule has 0 saturated carbocycles. The number of nitrogens with zero attached hydrogens (tertiary/aromatic N) is 7. The van der Waals surface area contributed by atoms with Crippen molar-refractivity contribution in [3.8, 4) is 68.0 Å². The van der Waals surface area contributed by atoms with Crippen LogP contribution in [0.2, 0.25) is 0 Å². The van der Waals surface area contributed by atoms with Gasteiger partial charge in [-0.05, 0) is 78.9 Å². The van der Waals surface area contributed by atoms with E-state index in [1.165, 1.54) is 12.1 Å². The van der Waals surface area contributed by atoms with Crippen LogP contribution < -0.4 is 0 Å². The second kappa shape index (κ2) is 19.1. The van der Waals surface area contributed by atoms with Crippen LogP contribution in [0.15, 0.2) is 279 Å². The van der Waals surface area contributed by atoms with Crippen LogP contribution in [0, 0.1) is 0 Å². The highest BCUT2D eigenvalue weighted by Gasteiger charge is 2.33. The molecule has 0 aliphatic heterocycles. The molecule has 12 aromatic carbocycles. The van der Waals surface area contributed by atoms with E-state index in [0.717, 1.165) is 110 Å². The zero-order chi connectivity index (χ0) is 57.2. The van der Waals surface area contributed by atoms with Crippen molar-refractivity contribution in [2.24, 2.45) is 0 Å². The van der Waals surface area contributed by atoms with E-state index in [9.17, 15) is 0 Å². The van der Waals surface area contributed by atoms with Gasteiger partial charge in [-0.1, -0.05) is 200 Å². The second-order valence-electron chi connectivity index (χ2n) is 21.8. The Labute approximate surface area is 490 Å². The van der Waals surface area contributed by atoms with Gasteiger partial charge >= 0.3 is 6.18 Å². The first-order valence-electron chi connectivity index (χ1n) is 28.6. The summed E-state index contributed by atoms with van der Waals surface area (Å²) < 4.78 is 56.0. The fourth-order valence-corrected chi connectivity index (χ4v) is 13.4. The van der Waals surface area contributed by atoms with Crippen molar-refractivity contribution in [2.75, 3.05) is 0 Å². The maximum atomic E-state index is 15.7. The van der Waals surface area contributed by atoms with Gasteiger partial charge in [0.15, 0.2) is 17.5 Å². The Morgan fingerprint density at radius 2 is 0.628 bits per heavy atom. The number of aromatic nitrogens is 7. The molecule has 5 heterocycles. The Morgan fingerprint density at radius 3 is 1.07 bits per heavy atom. The molecule has 17 rings (SSSR count). The quantitative estimate of drug-likeness (QED) is 0.152. The number of fused-ring (bicyclic) bond motifs is 14. The number of halogens is 3. The highest BCUT2D eigenvalue weighted by Crippen LogP contribution is 2.48. The predicted molar refractivity (Wildman–Crippen MR) is 344 cm³/mol. The molecule has 7 nitrogen and oxygen atoms in total. The highest BCUT2D eigenvalue weighted by atomic mass is 19.4. The topological polar surface area (TPSA) is 58.4 Å². The number of rotatable bonds is 8. The minimum atomic E-state index is -4.67. The summed E-state index contributed by atoms with van der Waals surface area (Å²) in [5.74, 6) is 1.44. The average Bonchev–Trinajstić information content (AvgIpc) is 1.63. The molecule has 0 saturated heterocycles. The molecule has 0 N–H and O–H groups in total. The molecule has 0 amide bonds. The summed E-state index contributed by atoms with van der Waals surface area (Å²) in [4.78, 5) is 15.5. The molecule has 86 heavy (non-hydrogen) atoms. The van der Waals surface area contributed by atoms with Gasteiger partial charge in [0.2, 0.25) is 0 Å². The van der Waals surface area contributed by atoms with Crippen LogP contribution in [-0.2, 0) is 6.18 Å². The van der Waals surface area contributed by atoms with Crippen LogP contribution in [0.5, 0.6) is 0 Å². The zero-order valence-electron chi connectivity index (χ0n) is 45.8. The minimum Gasteiger partial charge on any atom is -0.309 e. The van der Waals surface area contributed by atoms with Crippen LogP contribution in [0.1, 0.15) is 5.56 Å². The van der Waals surface area contributed by atoms with E-state index in [0.29, 0.717) is 45.5 Å². The van der Waals surface area contributed by atoms with Gasteiger partial charge in [0.05, 0.1) is 61.1 Å². The van der Waals surface area contributed by atoms with Gasteiger partial charge in [-0.25, -0.2) is 15.0 Å². The van der Waals surface area contributed by atoms with E-state index >= 15 is 13.2 Å². The summed E-state index contributed by atoms with van der Waals surface area (Å²) in [7, 11) is 0. The molecule has 17 aromatic rings. The van der Waals surface area contributed by atoms with Crippen LogP contribution in [0.3, 0.4) is 0 Å². The molecule has 0 spiro atoms. The number of hydrogen-bond donors (Lipinski definition) is 0. The molecule has 10 heteroatoms. The van der Waals surface area contributed by atoms with Gasteiger partial charge in [-0.15, -0.1) is 0 Å². The maximum Gasteiger partial charge on any atom is 0.416 e. The number of benzene rings is 12. The predicted octanol–water partition coefficient (Wildman–Crippen LogP) is 19.9. The van der Waals surface area contributed by atoms with Gasteiger partial charge in [0.1, 0.15) is 0 Å². The van der Waals surface area contributed by atoms with E-state index in [2.05, 4.69) is 147 Å². The van der Waals surface area contributed by atoms with Crippen molar-refractivity contribution in [3.63, 3.8) is 0 Å². The van der Waals surface area contributed by atoms with E-state index in [-0.39, 0.29) is 0 Å². The normalized spacial score (nSPS) is 12.1. The van der Waals surface area contributed by atoms with Crippen LogP contribution >= 0.6 is 0 Å².